The molecule has 0 saturated heterocycles. The van der Waals surface area contributed by atoms with Gasteiger partial charge < -0.3 is 10.6 Å². The maximum atomic E-state index is 11.8. The molecule has 2 N–H and O–H groups in total. The van der Waals surface area contributed by atoms with Crippen LogP contribution in [0.3, 0.4) is 0 Å². The van der Waals surface area contributed by atoms with Gasteiger partial charge in [0.2, 0.25) is 0 Å². The largest absolute Gasteiger partial charge is 0.354 e. The van der Waals surface area contributed by atoms with E-state index in [9.17, 15) is 4.79 Å². The van der Waals surface area contributed by atoms with E-state index in [0.717, 1.165) is 15.8 Å². The molecular weight excluding hydrogens is 318 g/mol. The summed E-state index contributed by atoms with van der Waals surface area (Å²) in [6.07, 6.45) is 4.84. The topological polar surface area (TPSA) is 54.0 Å². The number of aromatic nitrogens is 1. The number of hydrogen-bond acceptors (Lipinski definition) is 3. The van der Waals surface area contributed by atoms with Gasteiger partial charge >= 0.3 is 0 Å². The lowest BCUT2D eigenvalue weighted by molar-refractivity contribution is 0.0957. The van der Waals surface area contributed by atoms with Crippen molar-refractivity contribution in [3.63, 3.8) is 0 Å². The molecule has 0 fully saturated rings. The maximum absolute atomic E-state index is 11.8. The lowest BCUT2D eigenvalue weighted by Crippen LogP contribution is -2.23. The number of benzene rings is 1. The Morgan fingerprint density at radius 3 is 2.70 bits per heavy atom. The SMILES string of the molecule is C=CCNC(=O)c1cncc(Nc2ccc(Br)cc2)c1. The molecule has 0 aliphatic rings. The van der Waals surface area contributed by atoms with Crippen molar-refractivity contribution in [2.45, 2.75) is 0 Å². The van der Waals surface area contributed by atoms with E-state index in [1.54, 1.807) is 18.3 Å². The Morgan fingerprint density at radius 2 is 2.00 bits per heavy atom. The second-order valence-corrected chi connectivity index (χ2v) is 5.01. The summed E-state index contributed by atoms with van der Waals surface area (Å²) in [7, 11) is 0. The van der Waals surface area contributed by atoms with E-state index in [1.807, 2.05) is 24.3 Å². The van der Waals surface area contributed by atoms with Crippen molar-refractivity contribution in [3.8, 4) is 0 Å². The van der Waals surface area contributed by atoms with Crippen LogP contribution in [0.15, 0.2) is 59.9 Å². The molecule has 0 aliphatic carbocycles. The van der Waals surface area contributed by atoms with E-state index < -0.39 is 0 Å². The molecule has 1 heterocycles. The van der Waals surface area contributed by atoms with Crippen molar-refractivity contribution in [3.05, 3.63) is 65.4 Å². The van der Waals surface area contributed by atoms with Crippen molar-refractivity contribution in [1.82, 2.24) is 10.3 Å². The summed E-state index contributed by atoms with van der Waals surface area (Å²) >= 11 is 3.38. The van der Waals surface area contributed by atoms with Gasteiger partial charge in [0.15, 0.2) is 0 Å². The summed E-state index contributed by atoms with van der Waals surface area (Å²) in [5.41, 5.74) is 2.20. The third-order valence-corrected chi connectivity index (χ3v) is 3.07. The number of carbonyl (C=O) groups excluding carboxylic acids is 1. The summed E-state index contributed by atoms with van der Waals surface area (Å²) in [5, 5.41) is 5.92. The highest BCUT2D eigenvalue weighted by Crippen LogP contribution is 2.19. The van der Waals surface area contributed by atoms with Crippen molar-refractivity contribution >= 4 is 33.2 Å². The number of amides is 1. The third-order valence-electron chi connectivity index (χ3n) is 2.54. The van der Waals surface area contributed by atoms with Crippen molar-refractivity contribution in [1.29, 1.82) is 0 Å². The normalized spacial score (nSPS) is 9.85. The predicted octanol–water partition coefficient (Wildman–Crippen LogP) is 3.50. The molecule has 0 unspecified atom stereocenters. The molecule has 0 bridgehead atoms. The van der Waals surface area contributed by atoms with Crippen molar-refractivity contribution in [2.24, 2.45) is 0 Å². The Hall–Kier alpha value is -2.14. The second-order valence-electron chi connectivity index (χ2n) is 4.09. The summed E-state index contributed by atoms with van der Waals surface area (Å²) in [5.74, 6) is -0.170. The van der Waals surface area contributed by atoms with E-state index in [-0.39, 0.29) is 5.91 Å². The highest BCUT2D eigenvalue weighted by molar-refractivity contribution is 9.10. The number of halogens is 1. The van der Waals surface area contributed by atoms with Crippen LogP contribution in [0.1, 0.15) is 10.4 Å². The van der Waals surface area contributed by atoms with Crippen molar-refractivity contribution in [2.75, 3.05) is 11.9 Å². The van der Waals surface area contributed by atoms with E-state index in [0.29, 0.717) is 12.1 Å². The first-order valence-corrected chi connectivity index (χ1v) is 6.85. The van der Waals surface area contributed by atoms with Gasteiger partial charge in [-0.3, -0.25) is 9.78 Å². The van der Waals surface area contributed by atoms with Gasteiger partial charge in [-0.15, -0.1) is 6.58 Å². The first kappa shape index (κ1) is 14.3. The lowest BCUT2D eigenvalue weighted by Gasteiger charge is -2.08. The molecule has 0 spiro atoms. The fourth-order valence-corrected chi connectivity index (χ4v) is 1.86. The van der Waals surface area contributed by atoms with Crippen LogP contribution in [-0.4, -0.2) is 17.4 Å². The number of carbonyl (C=O) groups is 1. The number of anilines is 2. The van der Waals surface area contributed by atoms with Gasteiger partial charge in [-0.05, 0) is 30.3 Å². The van der Waals surface area contributed by atoms with Gasteiger partial charge in [0.05, 0.1) is 17.4 Å². The van der Waals surface area contributed by atoms with Gasteiger partial charge in [-0.25, -0.2) is 0 Å². The Balaban J connectivity index is 2.11. The molecule has 20 heavy (non-hydrogen) atoms. The molecule has 4 nitrogen and oxygen atoms in total. The number of rotatable bonds is 5. The zero-order valence-electron chi connectivity index (χ0n) is 10.8. The molecule has 0 saturated carbocycles. The van der Waals surface area contributed by atoms with Gasteiger partial charge in [0.25, 0.3) is 5.91 Å². The first-order chi connectivity index (χ1) is 9.69. The molecule has 0 atom stereocenters. The van der Waals surface area contributed by atoms with E-state index in [4.69, 9.17) is 0 Å². The van der Waals surface area contributed by atoms with Crippen LogP contribution in [0.25, 0.3) is 0 Å². The Bertz CT molecular complexity index is 611. The predicted molar refractivity (Wildman–Crippen MR) is 84.2 cm³/mol. The van der Waals surface area contributed by atoms with E-state index >= 15 is 0 Å². The summed E-state index contributed by atoms with van der Waals surface area (Å²) < 4.78 is 1.01. The fraction of sp³-hybridized carbons (Fsp3) is 0.0667. The second kappa shape index (κ2) is 6.86. The average molecular weight is 332 g/mol. The van der Waals surface area contributed by atoms with Crippen LogP contribution in [0.5, 0.6) is 0 Å². The van der Waals surface area contributed by atoms with E-state index in [1.165, 1.54) is 6.20 Å². The highest BCUT2D eigenvalue weighted by Gasteiger charge is 2.05. The lowest BCUT2D eigenvalue weighted by atomic mass is 10.2. The Kier molecular flexibility index (Phi) is 4.90. The first-order valence-electron chi connectivity index (χ1n) is 6.06. The standard InChI is InChI=1S/C15H14BrN3O/c1-2-7-18-15(20)11-8-14(10-17-9-11)19-13-5-3-12(16)4-6-13/h2-6,8-10,19H,1,7H2,(H,18,20). The zero-order chi connectivity index (χ0) is 14.4. The molecule has 0 radical (unpaired) electrons. The fourth-order valence-electron chi connectivity index (χ4n) is 1.60. The molecule has 2 aromatic rings. The number of pyridine rings is 1. The minimum atomic E-state index is -0.170. The Labute approximate surface area is 126 Å². The molecular formula is C15H14BrN3O. The van der Waals surface area contributed by atoms with Crippen LogP contribution < -0.4 is 10.6 Å². The number of nitrogens with one attached hydrogen (secondary N) is 2. The minimum Gasteiger partial charge on any atom is -0.354 e. The summed E-state index contributed by atoms with van der Waals surface area (Å²) in [4.78, 5) is 15.9. The van der Waals surface area contributed by atoms with Crippen LogP contribution >= 0.6 is 15.9 Å². The summed E-state index contributed by atoms with van der Waals surface area (Å²) in [6.45, 7) is 3.99. The average Bonchev–Trinajstić information content (AvgIpc) is 2.47. The number of hydrogen-bond donors (Lipinski definition) is 2. The van der Waals surface area contributed by atoms with Crippen LogP contribution in [0.2, 0.25) is 0 Å². The van der Waals surface area contributed by atoms with Crippen LogP contribution in [-0.2, 0) is 0 Å². The van der Waals surface area contributed by atoms with Gasteiger partial charge in [-0.2, -0.15) is 0 Å². The quantitative estimate of drug-likeness (QED) is 0.824. The minimum absolute atomic E-state index is 0.170. The van der Waals surface area contributed by atoms with Crippen LogP contribution in [0.4, 0.5) is 11.4 Å². The Morgan fingerprint density at radius 1 is 1.25 bits per heavy atom. The van der Waals surface area contributed by atoms with Gasteiger partial charge in [0, 0.05) is 22.9 Å². The molecule has 2 rings (SSSR count). The van der Waals surface area contributed by atoms with Crippen molar-refractivity contribution < 1.29 is 4.79 Å². The third kappa shape index (κ3) is 3.93. The highest BCUT2D eigenvalue weighted by atomic mass is 79.9. The number of nitrogens with zero attached hydrogens (tertiary/aromatic N) is 1. The molecule has 102 valence electrons. The molecule has 1 aromatic heterocycles. The molecule has 1 amide bonds. The van der Waals surface area contributed by atoms with Gasteiger partial charge in [-0.1, -0.05) is 22.0 Å². The van der Waals surface area contributed by atoms with Gasteiger partial charge in [0.1, 0.15) is 0 Å². The molecule has 5 heteroatoms. The van der Waals surface area contributed by atoms with Crippen LogP contribution in [0, 0.1) is 0 Å². The zero-order valence-corrected chi connectivity index (χ0v) is 12.4. The maximum Gasteiger partial charge on any atom is 0.253 e. The monoisotopic (exact) mass is 331 g/mol. The molecule has 0 aliphatic heterocycles. The van der Waals surface area contributed by atoms with E-state index in [2.05, 4.69) is 38.1 Å². The summed E-state index contributed by atoms with van der Waals surface area (Å²) in [6, 6.07) is 9.52. The smallest absolute Gasteiger partial charge is 0.253 e. The molecule has 1 aromatic carbocycles.